The number of hydrogen-bond acceptors (Lipinski definition) is 7. The lowest BCUT2D eigenvalue weighted by Crippen LogP contribution is -2.41. The molecule has 3 aromatic rings. The molecule has 0 aliphatic heterocycles. The highest BCUT2D eigenvalue weighted by Gasteiger charge is 2.33. The number of halogens is 1. The Kier molecular flexibility index (Phi) is 4.16. The van der Waals surface area contributed by atoms with Gasteiger partial charge in [0.15, 0.2) is 5.76 Å². The Labute approximate surface area is 148 Å². The second-order valence-electron chi connectivity index (χ2n) is 6.15. The second kappa shape index (κ2) is 6.62. The van der Waals surface area contributed by atoms with Crippen molar-refractivity contribution in [3.8, 4) is 29.0 Å². The van der Waals surface area contributed by atoms with Crippen LogP contribution >= 0.6 is 0 Å². The zero-order chi connectivity index (χ0) is 18.1. The fraction of sp³-hybridized carbons (Fsp3) is 0.278. The van der Waals surface area contributed by atoms with Gasteiger partial charge in [-0.3, -0.25) is 0 Å². The van der Waals surface area contributed by atoms with Crippen LogP contribution in [0.5, 0.6) is 17.5 Å². The smallest absolute Gasteiger partial charge is 0.252 e. The molecule has 4 rings (SSSR count). The van der Waals surface area contributed by atoms with Gasteiger partial charge in [0.05, 0.1) is 18.5 Å². The van der Waals surface area contributed by atoms with Crippen LogP contribution in [-0.4, -0.2) is 32.4 Å². The molecule has 0 radical (unpaired) electrons. The summed E-state index contributed by atoms with van der Waals surface area (Å²) in [4.78, 5) is 8.36. The summed E-state index contributed by atoms with van der Waals surface area (Å²) < 4.78 is 29.7. The predicted octanol–water partition coefficient (Wildman–Crippen LogP) is 3.27. The predicted molar refractivity (Wildman–Crippen MR) is 88.4 cm³/mol. The lowest BCUT2D eigenvalue weighted by Gasteiger charge is -2.34. The fourth-order valence-corrected chi connectivity index (χ4v) is 2.65. The molecule has 7 nitrogen and oxygen atoms in total. The summed E-state index contributed by atoms with van der Waals surface area (Å²) in [6.45, 7) is 1.71. The fourth-order valence-electron chi connectivity index (χ4n) is 2.65. The maximum atomic E-state index is 13.3. The Morgan fingerprint density at radius 1 is 1.12 bits per heavy atom. The lowest BCUT2D eigenvalue weighted by atomic mass is 9.92. The van der Waals surface area contributed by atoms with Crippen LogP contribution in [0.1, 0.15) is 18.4 Å². The first-order valence-corrected chi connectivity index (χ1v) is 8.14. The van der Waals surface area contributed by atoms with Crippen LogP contribution in [0.15, 0.2) is 41.2 Å². The molecule has 0 saturated heterocycles. The van der Waals surface area contributed by atoms with Gasteiger partial charge in [-0.25, -0.2) is 14.4 Å². The van der Waals surface area contributed by atoms with E-state index in [1.165, 1.54) is 24.5 Å². The molecule has 0 spiro atoms. The lowest BCUT2D eigenvalue weighted by molar-refractivity contribution is 0.00200. The summed E-state index contributed by atoms with van der Waals surface area (Å²) >= 11 is 0. The van der Waals surface area contributed by atoms with Crippen LogP contribution in [0.25, 0.3) is 11.5 Å². The number of aromatic nitrogens is 3. The van der Waals surface area contributed by atoms with Gasteiger partial charge in [0, 0.05) is 12.8 Å². The quantitative estimate of drug-likeness (QED) is 0.749. The van der Waals surface area contributed by atoms with Crippen molar-refractivity contribution < 1.29 is 23.5 Å². The van der Waals surface area contributed by atoms with Crippen molar-refractivity contribution in [3.05, 3.63) is 48.0 Å². The van der Waals surface area contributed by atoms with Gasteiger partial charge >= 0.3 is 0 Å². The number of ether oxygens (including phenoxy) is 2. The molecule has 1 aromatic carbocycles. The van der Waals surface area contributed by atoms with Gasteiger partial charge < -0.3 is 19.1 Å². The van der Waals surface area contributed by atoms with Crippen LogP contribution in [0, 0.1) is 12.7 Å². The van der Waals surface area contributed by atoms with Crippen LogP contribution in [0.2, 0.25) is 0 Å². The highest BCUT2D eigenvalue weighted by atomic mass is 19.1. The van der Waals surface area contributed by atoms with Crippen molar-refractivity contribution >= 4 is 0 Å². The maximum absolute atomic E-state index is 13.3. The van der Waals surface area contributed by atoms with E-state index < -0.39 is 0 Å². The zero-order valence-corrected chi connectivity index (χ0v) is 13.9. The van der Waals surface area contributed by atoms with Crippen molar-refractivity contribution in [2.75, 3.05) is 0 Å². The molecule has 0 unspecified atom stereocenters. The Hall–Kier alpha value is -3.16. The Morgan fingerprint density at radius 3 is 2.58 bits per heavy atom. The first-order valence-electron chi connectivity index (χ1n) is 8.14. The van der Waals surface area contributed by atoms with Crippen LogP contribution in [0.4, 0.5) is 4.39 Å². The third-order valence-electron chi connectivity index (χ3n) is 4.15. The highest BCUT2D eigenvalue weighted by molar-refractivity contribution is 5.51. The summed E-state index contributed by atoms with van der Waals surface area (Å²) in [6.07, 6.45) is 4.45. The number of nitrogens with zero attached hydrogens (tertiary/aromatic N) is 3. The molecule has 0 amide bonds. The van der Waals surface area contributed by atoms with E-state index >= 15 is 0 Å². The van der Waals surface area contributed by atoms with Crippen molar-refractivity contribution in [2.45, 2.75) is 32.0 Å². The van der Waals surface area contributed by atoms with E-state index in [1.807, 2.05) is 0 Å². The minimum absolute atomic E-state index is 0.00369. The molecule has 0 bridgehead atoms. The molecule has 2 heterocycles. The van der Waals surface area contributed by atoms with Gasteiger partial charge in [-0.1, -0.05) is 0 Å². The number of benzene rings is 1. The largest absolute Gasteiger partial charge is 0.491 e. The molecule has 134 valence electrons. The van der Waals surface area contributed by atoms with E-state index in [4.69, 9.17) is 14.0 Å². The van der Waals surface area contributed by atoms with Gasteiger partial charge in [-0.15, -0.1) is 0 Å². The van der Waals surface area contributed by atoms with Crippen molar-refractivity contribution in [1.29, 1.82) is 0 Å². The minimum atomic E-state index is -0.241. The van der Waals surface area contributed by atoms with Crippen LogP contribution in [0.3, 0.4) is 0 Å². The third-order valence-corrected chi connectivity index (χ3v) is 4.15. The molecule has 1 fully saturated rings. The minimum Gasteiger partial charge on any atom is -0.491 e. The summed E-state index contributed by atoms with van der Waals surface area (Å²) in [5.74, 6) is 0.937. The van der Waals surface area contributed by atoms with Gasteiger partial charge in [-0.05, 0) is 35.8 Å². The van der Waals surface area contributed by atoms with Gasteiger partial charge in [0.1, 0.15) is 29.5 Å². The second-order valence-corrected chi connectivity index (χ2v) is 6.15. The van der Waals surface area contributed by atoms with Crippen LogP contribution in [-0.2, 0) is 0 Å². The molecule has 1 N–H and O–H groups in total. The molecule has 8 heteroatoms. The molecular formula is C18H16FN3O4. The molecular weight excluding hydrogens is 341 g/mol. The summed E-state index contributed by atoms with van der Waals surface area (Å²) in [5, 5.41) is 12.6. The normalized spacial score (nSPS) is 19.0. The Balaban J connectivity index is 1.29. The average molecular weight is 357 g/mol. The average Bonchev–Trinajstić information content (AvgIpc) is 3.03. The van der Waals surface area contributed by atoms with Crippen molar-refractivity contribution in [1.82, 2.24) is 15.1 Å². The van der Waals surface area contributed by atoms with E-state index in [-0.39, 0.29) is 23.9 Å². The molecule has 26 heavy (non-hydrogen) atoms. The van der Waals surface area contributed by atoms with Gasteiger partial charge in [0.2, 0.25) is 5.88 Å². The first-order chi connectivity index (χ1) is 12.6. The molecule has 1 saturated carbocycles. The molecule has 0 atom stereocenters. The SMILES string of the molecule is Cc1cc(OC2CC(Oc3cnc(-c4cc(O)no4)cn3)C2)ccc1F. The standard InChI is InChI=1S/C18H16FN3O4/c1-10-4-11(2-3-14(10)19)24-12-5-13(6-12)25-18-9-20-15(8-21-18)16-7-17(23)22-26-16/h2-4,7-9,12-13H,5-6H2,1H3,(H,22,23). The molecule has 1 aliphatic rings. The van der Waals surface area contributed by atoms with E-state index in [9.17, 15) is 9.50 Å². The van der Waals surface area contributed by atoms with E-state index in [0.717, 1.165) is 12.8 Å². The van der Waals surface area contributed by atoms with E-state index in [2.05, 4.69) is 15.1 Å². The summed E-state index contributed by atoms with van der Waals surface area (Å²) in [5.41, 5.74) is 1.01. The molecule has 2 aromatic heterocycles. The third kappa shape index (κ3) is 3.44. The number of aryl methyl sites for hydroxylation is 1. The maximum Gasteiger partial charge on any atom is 0.252 e. The monoisotopic (exact) mass is 357 g/mol. The Bertz CT molecular complexity index is 907. The summed E-state index contributed by atoms with van der Waals surface area (Å²) in [6, 6.07) is 6.08. The number of aromatic hydroxyl groups is 1. The van der Waals surface area contributed by atoms with Gasteiger partial charge in [0.25, 0.3) is 5.88 Å². The first kappa shape index (κ1) is 16.3. The van der Waals surface area contributed by atoms with Gasteiger partial charge in [-0.2, -0.15) is 0 Å². The zero-order valence-electron chi connectivity index (χ0n) is 13.9. The highest BCUT2D eigenvalue weighted by Crippen LogP contribution is 2.30. The topological polar surface area (TPSA) is 90.5 Å². The van der Waals surface area contributed by atoms with E-state index in [1.54, 1.807) is 19.1 Å². The number of hydrogen-bond donors (Lipinski definition) is 1. The summed E-state index contributed by atoms with van der Waals surface area (Å²) in [7, 11) is 0. The van der Waals surface area contributed by atoms with Crippen LogP contribution < -0.4 is 9.47 Å². The number of rotatable bonds is 5. The molecule has 1 aliphatic carbocycles. The van der Waals surface area contributed by atoms with E-state index in [0.29, 0.717) is 28.6 Å². The van der Waals surface area contributed by atoms with Crippen molar-refractivity contribution in [3.63, 3.8) is 0 Å². The van der Waals surface area contributed by atoms with Crippen molar-refractivity contribution in [2.24, 2.45) is 0 Å². The Morgan fingerprint density at radius 2 is 1.92 bits per heavy atom.